The first-order chi connectivity index (χ1) is 14.8. The van der Waals surface area contributed by atoms with E-state index in [1.165, 1.54) is 4.90 Å². The molecule has 1 saturated heterocycles. The van der Waals surface area contributed by atoms with Crippen molar-refractivity contribution in [2.24, 2.45) is 0 Å². The third kappa shape index (κ3) is 4.01. The molecule has 1 N–H and O–H groups in total. The average molecular weight is 517 g/mol. The molecule has 4 rings (SSSR count). The third-order valence-corrected chi connectivity index (χ3v) is 6.50. The maximum Gasteiger partial charge on any atom is 0.300 e. The molecule has 156 valence electrons. The zero-order valence-electron chi connectivity index (χ0n) is 16.3. The minimum Gasteiger partial charge on any atom is -0.507 e. The molecule has 1 atom stereocenters. The minimum atomic E-state index is -0.844. The molecule has 3 aromatic rings. The number of halogens is 3. The van der Waals surface area contributed by atoms with E-state index in [2.05, 4.69) is 15.9 Å². The van der Waals surface area contributed by atoms with E-state index in [0.717, 1.165) is 10.0 Å². The van der Waals surface area contributed by atoms with Crippen LogP contribution in [0.1, 0.15) is 22.7 Å². The molecule has 7 heteroatoms. The first-order valence-electron chi connectivity index (χ1n) is 9.36. The number of Topliss-reactive ketones (excluding diaryl/α,β-unsaturated/α-hetero) is 1. The number of aliphatic hydroxyl groups excluding tert-OH is 1. The van der Waals surface area contributed by atoms with E-state index in [0.29, 0.717) is 26.9 Å². The summed E-state index contributed by atoms with van der Waals surface area (Å²) in [6.07, 6.45) is 0. The Bertz CT molecular complexity index is 1240. The van der Waals surface area contributed by atoms with Crippen molar-refractivity contribution in [3.8, 4) is 0 Å². The van der Waals surface area contributed by atoms with Crippen molar-refractivity contribution in [1.82, 2.24) is 0 Å². The normalized spacial score (nSPS) is 17.9. The number of nitrogens with zero attached hydrogens (tertiary/aromatic N) is 1. The quantitative estimate of drug-likeness (QED) is 0.239. The van der Waals surface area contributed by atoms with E-state index in [1.54, 1.807) is 60.7 Å². The molecule has 0 spiro atoms. The Morgan fingerprint density at radius 1 is 0.968 bits per heavy atom. The fourth-order valence-electron chi connectivity index (χ4n) is 3.59. The predicted molar refractivity (Wildman–Crippen MR) is 127 cm³/mol. The van der Waals surface area contributed by atoms with E-state index in [1.807, 2.05) is 13.0 Å². The van der Waals surface area contributed by atoms with Gasteiger partial charge in [-0.05, 0) is 66.6 Å². The SMILES string of the molecule is Cc1ccc(N2C(=O)C(=O)/C(=C(/O)c3ccc(Cl)cc3)C2c2cccc(Cl)c2)cc1Br. The predicted octanol–water partition coefficient (Wildman–Crippen LogP) is 6.69. The summed E-state index contributed by atoms with van der Waals surface area (Å²) >= 11 is 15.6. The van der Waals surface area contributed by atoms with Crippen LogP contribution in [0.15, 0.2) is 76.8 Å². The zero-order valence-corrected chi connectivity index (χ0v) is 19.4. The fourth-order valence-corrected chi connectivity index (χ4v) is 4.28. The molecule has 1 aliphatic heterocycles. The van der Waals surface area contributed by atoms with Gasteiger partial charge in [-0.2, -0.15) is 0 Å². The summed E-state index contributed by atoms with van der Waals surface area (Å²) in [5.74, 6) is -1.76. The lowest BCUT2D eigenvalue weighted by atomic mass is 9.95. The Morgan fingerprint density at radius 2 is 1.68 bits per heavy atom. The van der Waals surface area contributed by atoms with Crippen LogP contribution in [0, 0.1) is 6.92 Å². The van der Waals surface area contributed by atoms with E-state index in [4.69, 9.17) is 23.2 Å². The van der Waals surface area contributed by atoms with E-state index < -0.39 is 17.7 Å². The molecule has 0 radical (unpaired) electrons. The van der Waals surface area contributed by atoms with Crippen molar-refractivity contribution < 1.29 is 14.7 Å². The summed E-state index contributed by atoms with van der Waals surface area (Å²) in [7, 11) is 0. The lowest BCUT2D eigenvalue weighted by Gasteiger charge is -2.26. The van der Waals surface area contributed by atoms with Gasteiger partial charge in [0.05, 0.1) is 11.6 Å². The van der Waals surface area contributed by atoms with Crippen LogP contribution in [0.5, 0.6) is 0 Å². The number of carbonyl (C=O) groups is 2. The molecule has 0 bridgehead atoms. The van der Waals surface area contributed by atoms with Crippen LogP contribution in [0.3, 0.4) is 0 Å². The van der Waals surface area contributed by atoms with Crippen molar-refractivity contribution in [3.05, 3.63) is 104 Å². The van der Waals surface area contributed by atoms with Gasteiger partial charge in [-0.1, -0.05) is 57.3 Å². The van der Waals surface area contributed by atoms with Gasteiger partial charge in [0.25, 0.3) is 11.7 Å². The van der Waals surface area contributed by atoms with Crippen LogP contribution in [-0.4, -0.2) is 16.8 Å². The van der Waals surface area contributed by atoms with Crippen LogP contribution < -0.4 is 4.90 Å². The maximum atomic E-state index is 13.1. The first-order valence-corrected chi connectivity index (χ1v) is 10.9. The smallest absolute Gasteiger partial charge is 0.300 e. The highest BCUT2D eigenvalue weighted by Gasteiger charge is 2.47. The Hall–Kier alpha value is -2.60. The van der Waals surface area contributed by atoms with Gasteiger partial charge >= 0.3 is 0 Å². The van der Waals surface area contributed by atoms with Crippen molar-refractivity contribution in [2.45, 2.75) is 13.0 Å². The number of anilines is 1. The highest BCUT2D eigenvalue weighted by Crippen LogP contribution is 2.43. The second-order valence-corrected chi connectivity index (χ2v) is 8.89. The minimum absolute atomic E-state index is 0.00807. The summed E-state index contributed by atoms with van der Waals surface area (Å²) < 4.78 is 0.800. The maximum absolute atomic E-state index is 13.1. The molecule has 3 aromatic carbocycles. The Labute approximate surface area is 197 Å². The highest BCUT2D eigenvalue weighted by atomic mass is 79.9. The number of aryl methyl sites for hydroxylation is 1. The van der Waals surface area contributed by atoms with E-state index in [-0.39, 0.29) is 11.3 Å². The standard InChI is InChI=1S/C24H16BrCl2NO3/c1-13-5-10-18(12-19(13)25)28-21(15-3-2-4-17(27)11-15)20(23(30)24(28)31)22(29)14-6-8-16(26)9-7-14/h2-12,21,29H,1H3/b22-20+. The summed E-state index contributed by atoms with van der Waals surface area (Å²) in [4.78, 5) is 27.6. The number of carbonyl (C=O) groups excluding carboxylic acids is 2. The number of benzene rings is 3. The molecular weight excluding hydrogens is 501 g/mol. The molecular formula is C24H16BrCl2NO3. The number of amides is 1. The molecule has 4 nitrogen and oxygen atoms in total. The molecule has 1 fully saturated rings. The molecule has 1 unspecified atom stereocenters. The summed E-state index contributed by atoms with van der Waals surface area (Å²) in [6.45, 7) is 1.93. The third-order valence-electron chi connectivity index (χ3n) is 5.16. The van der Waals surface area contributed by atoms with Gasteiger partial charge < -0.3 is 5.11 Å². The van der Waals surface area contributed by atoms with Gasteiger partial charge in [0, 0.05) is 25.8 Å². The first kappa shape index (κ1) is 21.6. The van der Waals surface area contributed by atoms with Crippen LogP contribution >= 0.6 is 39.1 Å². The van der Waals surface area contributed by atoms with Gasteiger partial charge in [-0.15, -0.1) is 0 Å². The molecule has 0 aliphatic carbocycles. The summed E-state index contributed by atoms with van der Waals surface area (Å²) in [6, 6.07) is 17.9. The van der Waals surface area contributed by atoms with E-state index >= 15 is 0 Å². The topological polar surface area (TPSA) is 57.6 Å². The zero-order chi connectivity index (χ0) is 22.3. The Morgan fingerprint density at radius 3 is 2.32 bits per heavy atom. The number of ketones is 1. The summed E-state index contributed by atoms with van der Waals surface area (Å²) in [5, 5.41) is 12.0. The highest BCUT2D eigenvalue weighted by molar-refractivity contribution is 9.10. The van der Waals surface area contributed by atoms with Crippen LogP contribution in [0.2, 0.25) is 10.0 Å². The van der Waals surface area contributed by atoms with Crippen LogP contribution in [-0.2, 0) is 9.59 Å². The molecule has 1 amide bonds. The monoisotopic (exact) mass is 515 g/mol. The number of rotatable bonds is 3. The number of aliphatic hydroxyl groups is 1. The van der Waals surface area contributed by atoms with Gasteiger partial charge in [0.1, 0.15) is 5.76 Å². The van der Waals surface area contributed by atoms with E-state index in [9.17, 15) is 14.7 Å². The number of hydrogen-bond acceptors (Lipinski definition) is 3. The van der Waals surface area contributed by atoms with Gasteiger partial charge in [-0.3, -0.25) is 14.5 Å². The van der Waals surface area contributed by atoms with Crippen LogP contribution in [0.25, 0.3) is 5.76 Å². The second-order valence-electron chi connectivity index (χ2n) is 7.16. The number of hydrogen-bond donors (Lipinski definition) is 1. The molecule has 31 heavy (non-hydrogen) atoms. The van der Waals surface area contributed by atoms with Gasteiger partial charge in [0.15, 0.2) is 0 Å². The van der Waals surface area contributed by atoms with Crippen molar-refractivity contribution in [1.29, 1.82) is 0 Å². The largest absolute Gasteiger partial charge is 0.507 e. The molecule has 1 heterocycles. The van der Waals surface area contributed by atoms with Crippen LogP contribution in [0.4, 0.5) is 5.69 Å². The van der Waals surface area contributed by atoms with Gasteiger partial charge in [0.2, 0.25) is 0 Å². The second kappa shape index (κ2) is 8.50. The molecule has 0 saturated carbocycles. The van der Waals surface area contributed by atoms with Crippen molar-refractivity contribution in [3.63, 3.8) is 0 Å². The van der Waals surface area contributed by atoms with Crippen molar-refractivity contribution >= 4 is 62.3 Å². The van der Waals surface area contributed by atoms with Gasteiger partial charge in [-0.25, -0.2) is 0 Å². The lowest BCUT2D eigenvalue weighted by Crippen LogP contribution is -2.29. The molecule has 0 aromatic heterocycles. The Balaban J connectivity index is 1.96. The Kier molecular flexibility index (Phi) is 5.93. The summed E-state index contributed by atoms with van der Waals surface area (Å²) in [5.41, 5.74) is 2.50. The fraction of sp³-hybridized carbons (Fsp3) is 0.0833. The molecule has 1 aliphatic rings. The van der Waals surface area contributed by atoms with Crippen molar-refractivity contribution in [2.75, 3.05) is 4.90 Å². The lowest BCUT2D eigenvalue weighted by molar-refractivity contribution is -0.132. The average Bonchev–Trinajstić information content (AvgIpc) is 3.01.